The highest BCUT2D eigenvalue weighted by molar-refractivity contribution is 5.89. The molecule has 3 rings (SSSR count). The summed E-state index contributed by atoms with van der Waals surface area (Å²) in [6.07, 6.45) is 4.28. The topological polar surface area (TPSA) is 86.7 Å². The first-order valence-electron chi connectivity index (χ1n) is 9.85. The van der Waals surface area contributed by atoms with Crippen LogP contribution in [0.4, 0.5) is 0 Å². The Morgan fingerprint density at radius 2 is 1.85 bits per heavy atom. The predicted octanol–water partition coefficient (Wildman–Crippen LogP) is 2.75. The number of carbonyl (C=O) groups is 3. The van der Waals surface area contributed by atoms with Crippen LogP contribution in [0.5, 0.6) is 0 Å². The molecule has 0 spiro atoms. The summed E-state index contributed by atoms with van der Waals surface area (Å²) in [6, 6.07) is 9.35. The SMILES string of the molecule is C[C@H](c1ccccc1)N1C[C@H](C(=O)N[C@@H]2CCCCC[C@H]2C(=O)O)CC1=O. The molecular weight excluding hydrogens is 344 g/mol. The number of carboxylic acids is 1. The molecule has 0 unspecified atom stereocenters. The standard InChI is InChI=1S/C21H28N2O4/c1-14(15-8-4-2-5-9-15)23-13-16(12-19(23)24)20(25)22-18-11-7-3-6-10-17(18)21(26)27/h2,4-5,8-9,14,16-18H,3,6-7,10-13H2,1H3,(H,22,25)(H,26,27)/t14-,16-,17-,18-/m1/s1. The largest absolute Gasteiger partial charge is 0.481 e. The third-order valence-corrected chi connectivity index (χ3v) is 5.94. The summed E-state index contributed by atoms with van der Waals surface area (Å²) in [5.41, 5.74) is 1.04. The molecule has 0 bridgehead atoms. The fourth-order valence-electron chi connectivity index (χ4n) is 4.27. The molecule has 6 nitrogen and oxygen atoms in total. The number of carboxylic acid groups (broad SMARTS) is 1. The average Bonchev–Trinajstić information content (AvgIpc) is 2.90. The van der Waals surface area contributed by atoms with Gasteiger partial charge in [-0.1, -0.05) is 49.6 Å². The van der Waals surface area contributed by atoms with Crippen LogP contribution in [0.15, 0.2) is 30.3 Å². The summed E-state index contributed by atoms with van der Waals surface area (Å²) in [5.74, 6) is -2.01. The molecule has 146 valence electrons. The monoisotopic (exact) mass is 372 g/mol. The minimum absolute atomic E-state index is 0.0258. The van der Waals surface area contributed by atoms with Gasteiger partial charge in [0.25, 0.3) is 0 Å². The summed E-state index contributed by atoms with van der Waals surface area (Å²) < 4.78 is 0. The molecule has 1 aliphatic carbocycles. The van der Waals surface area contributed by atoms with Crippen LogP contribution in [0, 0.1) is 11.8 Å². The van der Waals surface area contributed by atoms with Crippen molar-refractivity contribution in [3.05, 3.63) is 35.9 Å². The number of carbonyl (C=O) groups excluding carboxylic acids is 2. The van der Waals surface area contributed by atoms with Crippen molar-refractivity contribution in [2.45, 2.75) is 57.5 Å². The predicted molar refractivity (Wildman–Crippen MR) is 101 cm³/mol. The summed E-state index contributed by atoms with van der Waals surface area (Å²) in [4.78, 5) is 38.5. The van der Waals surface area contributed by atoms with Gasteiger partial charge in [-0.25, -0.2) is 0 Å². The van der Waals surface area contributed by atoms with E-state index in [0.29, 0.717) is 19.4 Å². The molecule has 1 heterocycles. The third kappa shape index (κ3) is 4.49. The van der Waals surface area contributed by atoms with Crippen molar-refractivity contribution in [1.82, 2.24) is 10.2 Å². The minimum Gasteiger partial charge on any atom is -0.481 e. The minimum atomic E-state index is -0.843. The second kappa shape index (κ2) is 8.55. The van der Waals surface area contributed by atoms with E-state index < -0.39 is 17.8 Å². The van der Waals surface area contributed by atoms with Crippen molar-refractivity contribution in [2.75, 3.05) is 6.54 Å². The number of amides is 2. The van der Waals surface area contributed by atoms with E-state index in [4.69, 9.17) is 0 Å². The molecule has 27 heavy (non-hydrogen) atoms. The number of hydrogen-bond donors (Lipinski definition) is 2. The molecule has 1 aliphatic heterocycles. The fourth-order valence-corrected chi connectivity index (χ4v) is 4.27. The molecule has 1 aromatic rings. The molecule has 1 saturated heterocycles. The van der Waals surface area contributed by atoms with Gasteiger partial charge in [0.1, 0.15) is 0 Å². The van der Waals surface area contributed by atoms with Crippen molar-refractivity contribution < 1.29 is 19.5 Å². The van der Waals surface area contributed by atoms with E-state index in [0.717, 1.165) is 24.8 Å². The maximum atomic E-state index is 12.8. The van der Waals surface area contributed by atoms with Crippen LogP contribution in [0.1, 0.15) is 57.1 Å². The van der Waals surface area contributed by atoms with Gasteiger partial charge in [-0.15, -0.1) is 0 Å². The lowest BCUT2D eigenvalue weighted by atomic mass is 9.94. The van der Waals surface area contributed by atoms with E-state index in [-0.39, 0.29) is 30.3 Å². The first-order valence-corrected chi connectivity index (χ1v) is 9.85. The summed E-state index contributed by atoms with van der Waals surface area (Å²) in [5, 5.41) is 12.4. The van der Waals surface area contributed by atoms with Crippen LogP contribution >= 0.6 is 0 Å². The maximum absolute atomic E-state index is 12.8. The molecule has 0 aromatic heterocycles. The zero-order valence-electron chi connectivity index (χ0n) is 15.8. The number of nitrogens with zero attached hydrogens (tertiary/aromatic N) is 1. The fraction of sp³-hybridized carbons (Fsp3) is 0.571. The number of likely N-dealkylation sites (tertiary alicyclic amines) is 1. The van der Waals surface area contributed by atoms with Crippen molar-refractivity contribution in [2.24, 2.45) is 11.8 Å². The van der Waals surface area contributed by atoms with E-state index in [1.54, 1.807) is 4.90 Å². The Hall–Kier alpha value is -2.37. The Morgan fingerprint density at radius 3 is 2.56 bits per heavy atom. The quantitative estimate of drug-likeness (QED) is 0.778. The molecule has 2 aliphatic rings. The van der Waals surface area contributed by atoms with Crippen molar-refractivity contribution in [3.8, 4) is 0 Å². The summed E-state index contributed by atoms with van der Waals surface area (Å²) in [7, 11) is 0. The van der Waals surface area contributed by atoms with Crippen LogP contribution in [0.25, 0.3) is 0 Å². The number of aliphatic carboxylic acids is 1. The Kier molecular flexibility index (Phi) is 6.14. The Bertz CT molecular complexity index is 691. The highest BCUT2D eigenvalue weighted by Gasteiger charge is 2.39. The van der Waals surface area contributed by atoms with E-state index in [1.165, 1.54) is 0 Å². The van der Waals surface area contributed by atoms with Gasteiger partial charge in [0.15, 0.2) is 0 Å². The molecule has 1 saturated carbocycles. The average molecular weight is 372 g/mol. The van der Waals surface area contributed by atoms with Crippen LogP contribution in [-0.4, -0.2) is 40.4 Å². The smallest absolute Gasteiger partial charge is 0.308 e. The zero-order chi connectivity index (χ0) is 19.4. The lowest BCUT2D eigenvalue weighted by molar-refractivity contribution is -0.143. The van der Waals surface area contributed by atoms with Crippen LogP contribution in [0.3, 0.4) is 0 Å². The van der Waals surface area contributed by atoms with E-state index in [9.17, 15) is 19.5 Å². The van der Waals surface area contributed by atoms with Crippen LogP contribution < -0.4 is 5.32 Å². The molecule has 6 heteroatoms. The van der Waals surface area contributed by atoms with E-state index >= 15 is 0 Å². The molecular formula is C21H28N2O4. The zero-order valence-corrected chi connectivity index (χ0v) is 15.8. The highest BCUT2D eigenvalue weighted by atomic mass is 16.4. The first-order chi connectivity index (χ1) is 13.0. The maximum Gasteiger partial charge on any atom is 0.308 e. The van der Waals surface area contributed by atoms with Gasteiger partial charge in [-0.3, -0.25) is 14.4 Å². The molecule has 0 radical (unpaired) electrons. The number of rotatable bonds is 5. The Labute approximate surface area is 159 Å². The van der Waals surface area contributed by atoms with Crippen molar-refractivity contribution >= 4 is 17.8 Å². The van der Waals surface area contributed by atoms with Gasteiger partial charge < -0.3 is 15.3 Å². The second-order valence-corrected chi connectivity index (χ2v) is 7.73. The lowest BCUT2D eigenvalue weighted by Gasteiger charge is -2.26. The lowest BCUT2D eigenvalue weighted by Crippen LogP contribution is -2.45. The number of hydrogen-bond acceptors (Lipinski definition) is 3. The molecule has 2 amide bonds. The molecule has 4 atom stereocenters. The number of nitrogens with one attached hydrogen (secondary N) is 1. The van der Waals surface area contributed by atoms with Gasteiger partial charge in [-0.05, 0) is 25.3 Å². The van der Waals surface area contributed by atoms with E-state index in [2.05, 4.69) is 5.32 Å². The van der Waals surface area contributed by atoms with E-state index in [1.807, 2.05) is 37.3 Å². The van der Waals surface area contributed by atoms with Gasteiger partial charge in [0.05, 0.1) is 17.9 Å². The first kappa shape index (κ1) is 19.4. The molecule has 2 N–H and O–H groups in total. The summed E-state index contributed by atoms with van der Waals surface area (Å²) in [6.45, 7) is 2.35. The van der Waals surface area contributed by atoms with Crippen LogP contribution in [-0.2, 0) is 14.4 Å². The number of benzene rings is 1. The van der Waals surface area contributed by atoms with Crippen molar-refractivity contribution in [3.63, 3.8) is 0 Å². The normalized spacial score (nSPS) is 27.1. The summed E-state index contributed by atoms with van der Waals surface area (Å²) >= 11 is 0. The van der Waals surface area contributed by atoms with Crippen molar-refractivity contribution in [1.29, 1.82) is 0 Å². The highest BCUT2D eigenvalue weighted by Crippen LogP contribution is 2.29. The molecule has 1 aromatic carbocycles. The van der Waals surface area contributed by atoms with Gasteiger partial charge in [-0.2, -0.15) is 0 Å². The Balaban J connectivity index is 1.64. The van der Waals surface area contributed by atoms with Crippen LogP contribution in [0.2, 0.25) is 0 Å². The van der Waals surface area contributed by atoms with Gasteiger partial charge >= 0.3 is 5.97 Å². The molecule has 2 fully saturated rings. The van der Waals surface area contributed by atoms with Gasteiger partial charge in [0.2, 0.25) is 11.8 Å². The second-order valence-electron chi connectivity index (χ2n) is 7.73. The van der Waals surface area contributed by atoms with Gasteiger partial charge in [0, 0.05) is 19.0 Å². The Morgan fingerprint density at radius 1 is 1.15 bits per heavy atom. The third-order valence-electron chi connectivity index (χ3n) is 5.94.